The number of nitrogens with zero attached hydrogens (tertiary/aromatic N) is 1. The third-order valence-electron chi connectivity index (χ3n) is 2.57. The van der Waals surface area contributed by atoms with Crippen LogP contribution in [0.3, 0.4) is 0 Å². The standard InChI is InChI=1S/C12H14N2O2S/c1-3-7-17(2)10-9(15)8-5-4-6-13-11(8)14-12(10)16/h4-6H,3,7H2,1-2H3,(H-,13,14,15,16)/p+1. The molecule has 2 N–H and O–H groups in total. The molecule has 2 heterocycles. The molecule has 1 unspecified atom stereocenters. The normalized spacial score (nSPS) is 12.8. The number of hydrogen-bond acceptors (Lipinski definition) is 3. The van der Waals surface area contributed by atoms with Gasteiger partial charge in [0.1, 0.15) is 17.7 Å². The van der Waals surface area contributed by atoms with Crippen molar-refractivity contribution in [1.82, 2.24) is 9.97 Å². The van der Waals surface area contributed by atoms with Gasteiger partial charge in [0.05, 0.1) is 5.39 Å². The van der Waals surface area contributed by atoms with Crippen molar-refractivity contribution in [3.63, 3.8) is 0 Å². The monoisotopic (exact) mass is 251 g/mol. The Balaban J connectivity index is 2.68. The van der Waals surface area contributed by atoms with Crippen molar-refractivity contribution in [3.8, 4) is 5.75 Å². The average Bonchev–Trinajstić information content (AvgIpc) is 2.29. The highest BCUT2D eigenvalue weighted by atomic mass is 32.2. The lowest BCUT2D eigenvalue weighted by Gasteiger charge is -2.05. The van der Waals surface area contributed by atoms with E-state index in [1.807, 2.05) is 6.26 Å². The highest BCUT2D eigenvalue weighted by Gasteiger charge is 2.25. The molecule has 2 aromatic rings. The minimum Gasteiger partial charge on any atom is -0.503 e. The molecular formula is C12H15N2O2S+. The second-order valence-electron chi connectivity index (χ2n) is 3.87. The van der Waals surface area contributed by atoms with Crippen molar-refractivity contribution < 1.29 is 5.11 Å². The molecule has 2 rings (SSSR count). The van der Waals surface area contributed by atoms with Crippen molar-refractivity contribution in [1.29, 1.82) is 0 Å². The molecule has 4 nitrogen and oxygen atoms in total. The molecule has 0 spiro atoms. The maximum atomic E-state index is 11.9. The highest BCUT2D eigenvalue weighted by Crippen LogP contribution is 2.27. The van der Waals surface area contributed by atoms with Crippen LogP contribution in [0.15, 0.2) is 28.0 Å². The summed E-state index contributed by atoms with van der Waals surface area (Å²) in [7, 11) is -0.234. The van der Waals surface area contributed by atoms with Crippen molar-refractivity contribution in [2.45, 2.75) is 18.2 Å². The van der Waals surface area contributed by atoms with E-state index in [2.05, 4.69) is 16.9 Å². The molecule has 5 heteroatoms. The molecule has 0 bridgehead atoms. The Labute approximate surface area is 102 Å². The minimum atomic E-state index is -0.234. The van der Waals surface area contributed by atoms with E-state index in [1.54, 1.807) is 18.3 Å². The number of nitrogens with one attached hydrogen (secondary N) is 1. The van der Waals surface area contributed by atoms with Crippen LogP contribution in [-0.4, -0.2) is 27.1 Å². The fourth-order valence-electron chi connectivity index (χ4n) is 1.82. The molecule has 0 aromatic carbocycles. The number of aromatic amines is 1. The third-order valence-corrected chi connectivity index (χ3v) is 4.67. The zero-order valence-electron chi connectivity index (χ0n) is 9.86. The molecule has 17 heavy (non-hydrogen) atoms. The van der Waals surface area contributed by atoms with E-state index in [1.165, 1.54) is 0 Å². The summed E-state index contributed by atoms with van der Waals surface area (Å²) in [6.07, 6.45) is 4.56. The van der Waals surface area contributed by atoms with E-state index in [0.29, 0.717) is 15.9 Å². The van der Waals surface area contributed by atoms with Gasteiger partial charge < -0.3 is 10.1 Å². The topological polar surface area (TPSA) is 66.0 Å². The smallest absolute Gasteiger partial charge is 0.308 e. The van der Waals surface area contributed by atoms with Gasteiger partial charge in [-0.2, -0.15) is 0 Å². The van der Waals surface area contributed by atoms with Gasteiger partial charge in [0.2, 0.25) is 0 Å². The van der Waals surface area contributed by atoms with E-state index in [9.17, 15) is 9.90 Å². The van der Waals surface area contributed by atoms with Crippen LogP contribution in [0, 0.1) is 0 Å². The van der Waals surface area contributed by atoms with E-state index in [4.69, 9.17) is 0 Å². The highest BCUT2D eigenvalue weighted by molar-refractivity contribution is 7.96. The van der Waals surface area contributed by atoms with Gasteiger partial charge in [-0.15, -0.1) is 0 Å². The van der Waals surface area contributed by atoms with Crippen LogP contribution in [0.4, 0.5) is 0 Å². The maximum Gasteiger partial charge on any atom is 0.308 e. The molecule has 0 fully saturated rings. The fourth-order valence-corrected chi connectivity index (χ4v) is 3.45. The van der Waals surface area contributed by atoms with Crippen LogP contribution >= 0.6 is 0 Å². The first-order chi connectivity index (χ1) is 8.15. The fraction of sp³-hybridized carbons (Fsp3) is 0.333. The average molecular weight is 251 g/mol. The Morgan fingerprint density at radius 2 is 2.29 bits per heavy atom. The summed E-state index contributed by atoms with van der Waals surface area (Å²) < 4.78 is 0. The minimum absolute atomic E-state index is 0.0798. The number of H-pyrrole nitrogens is 1. The van der Waals surface area contributed by atoms with Crippen molar-refractivity contribution >= 4 is 21.9 Å². The molecule has 0 saturated heterocycles. The Morgan fingerprint density at radius 1 is 1.53 bits per heavy atom. The first kappa shape index (κ1) is 12.0. The van der Waals surface area contributed by atoms with Gasteiger partial charge in [-0.05, 0) is 18.6 Å². The molecule has 2 aromatic heterocycles. The number of hydrogen-bond donors (Lipinski definition) is 2. The van der Waals surface area contributed by atoms with Crippen molar-refractivity contribution in [2.75, 3.05) is 12.0 Å². The Kier molecular flexibility index (Phi) is 3.38. The maximum absolute atomic E-state index is 11.9. The summed E-state index contributed by atoms with van der Waals surface area (Å²) in [6.45, 7) is 2.07. The molecule has 0 saturated carbocycles. The first-order valence-electron chi connectivity index (χ1n) is 5.47. The molecule has 0 aliphatic heterocycles. The predicted octanol–water partition coefficient (Wildman–Crippen LogP) is 1.65. The van der Waals surface area contributed by atoms with Crippen LogP contribution in [-0.2, 0) is 10.9 Å². The first-order valence-corrected chi connectivity index (χ1v) is 7.28. The van der Waals surface area contributed by atoms with Crippen LogP contribution in [0.2, 0.25) is 0 Å². The van der Waals surface area contributed by atoms with Gasteiger partial charge >= 0.3 is 5.56 Å². The lowest BCUT2D eigenvalue weighted by molar-refractivity contribution is 0.466. The lowest BCUT2D eigenvalue weighted by atomic mass is 10.3. The number of aromatic hydroxyl groups is 1. The van der Waals surface area contributed by atoms with Gasteiger partial charge in [0.25, 0.3) is 4.90 Å². The molecule has 1 atom stereocenters. The van der Waals surface area contributed by atoms with Gasteiger partial charge in [-0.3, -0.25) is 4.79 Å². The lowest BCUT2D eigenvalue weighted by Crippen LogP contribution is -2.19. The molecule has 0 aliphatic carbocycles. The second-order valence-corrected chi connectivity index (χ2v) is 5.96. The zero-order valence-corrected chi connectivity index (χ0v) is 10.7. The largest absolute Gasteiger partial charge is 0.503 e. The summed E-state index contributed by atoms with van der Waals surface area (Å²) in [4.78, 5) is 19.2. The second kappa shape index (κ2) is 4.79. The molecular weight excluding hydrogens is 236 g/mol. The summed E-state index contributed by atoms with van der Waals surface area (Å²) >= 11 is 0. The Morgan fingerprint density at radius 3 is 3.00 bits per heavy atom. The summed E-state index contributed by atoms with van der Waals surface area (Å²) in [5.41, 5.74) is 0.209. The van der Waals surface area contributed by atoms with Crippen molar-refractivity contribution in [2.24, 2.45) is 0 Å². The van der Waals surface area contributed by atoms with Crippen LogP contribution in [0.1, 0.15) is 13.3 Å². The van der Waals surface area contributed by atoms with E-state index >= 15 is 0 Å². The van der Waals surface area contributed by atoms with Crippen LogP contribution in [0.5, 0.6) is 5.75 Å². The van der Waals surface area contributed by atoms with Crippen LogP contribution in [0.25, 0.3) is 11.0 Å². The molecule has 90 valence electrons. The summed E-state index contributed by atoms with van der Waals surface area (Å²) in [6, 6.07) is 3.51. The van der Waals surface area contributed by atoms with Crippen molar-refractivity contribution in [3.05, 3.63) is 28.7 Å². The molecule has 0 radical (unpaired) electrons. The Bertz CT molecular complexity index is 595. The van der Waals surface area contributed by atoms with Gasteiger partial charge in [-0.25, -0.2) is 4.98 Å². The summed E-state index contributed by atoms with van der Waals surface area (Å²) in [5, 5.41) is 10.8. The van der Waals surface area contributed by atoms with Gasteiger partial charge in [0.15, 0.2) is 5.75 Å². The molecule has 0 aliphatic rings. The van der Waals surface area contributed by atoms with Gasteiger partial charge in [0, 0.05) is 17.1 Å². The zero-order chi connectivity index (χ0) is 12.4. The SMILES string of the molecule is CCC[S+](C)c1c(O)c2cccnc2[nH]c1=O. The predicted molar refractivity (Wildman–Crippen MR) is 70.7 cm³/mol. The number of pyridine rings is 2. The Hall–Kier alpha value is -1.49. The number of fused-ring (bicyclic) bond motifs is 1. The van der Waals surface area contributed by atoms with E-state index < -0.39 is 0 Å². The molecule has 0 amide bonds. The van der Waals surface area contributed by atoms with E-state index in [-0.39, 0.29) is 22.2 Å². The van der Waals surface area contributed by atoms with Gasteiger partial charge in [-0.1, -0.05) is 6.92 Å². The third kappa shape index (κ3) is 2.15. The van der Waals surface area contributed by atoms with Crippen LogP contribution < -0.4 is 5.56 Å². The number of rotatable bonds is 3. The summed E-state index contributed by atoms with van der Waals surface area (Å²) in [5.74, 6) is 0.985. The quantitative estimate of drug-likeness (QED) is 0.815. The number of aromatic nitrogens is 2. The van der Waals surface area contributed by atoms with E-state index in [0.717, 1.165) is 12.2 Å².